The first kappa shape index (κ1) is 10.9. The van der Waals surface area contributed by atoms with Crippen LogP contribution in [-0.4, -0.2) is 23.2 Å². The molecule has 0 aromatic carbocycles. The summed E-state index contributed by atoms with van der Waals surface area (Å²) >= 11 is 6.92. The van der Waals surface area contributed by atoms with E-state index in [1.165, 1.54) is 12.8 Å². The van der Waals surface area contributed by atoms with Crippen molar-refractivity contribution < 1.29 is 0 Å². The second kappa shape index (κ2) is 8.02. The molecule has 1 atom stereocenters. The van der Waals surface area contributed by atoms with Crippen LogP contribution < -0.4 is 5.32 Å². The lowest BCUT2D eigenvalue weighted by Crippen LogP contribution is -2.24. The van der Waals surface area contributed by atoms with E-state index in [9.17, 15) is 0 Å². The van der Waals surface area contributed by atoms with Gasteiger partial charge in [-0.1, -0.05) is 45.2 Å². The lowest BCUT2D eigenvalue weighted by molar-refractivity contribution is 0.644. The highest BCUT2D eigenvalue weighted by Crippen LogP contribution is 2.00. The molecule has 0 aromatic rings. The Hall–Kier alpha value is 0.920. The molecule has 0 bridgehead atoms. The van der Waals surface area contributed by atoms with Crippen LogP contribution in [0.15, 0.2) is 0 Å². The van der Waals surface area contributed by atoms with Crippen molar-refractivity contribution in [3.63, 3.8) is 0 Å². The number of hydrogen-bond acceptors (Lipinski definition) is 1. The Morgan fingerprint density at radius 3 is 2.70 bits per heavy atom. The fourth-order valence-corrected chi connectivity index (χ4v) is 1.07. The Labute approximate surface area is 80.2 Å². The van der Waals surface area contributed by atoms with E-state index in [0.717, 1.165) is 18.4 Å². The van der Waals surface area contributed by atoms with Crippen molar-refractivity contribution in [1.82, 2.24) is 5.32 Å². The van der Waals surface area contributed by atoms with Crippen molar-refractivity contribution in [2.45, 2.75) is 24.6 Å². The first-order valence-electron chi connectivity index (χ1n) is 3.72. The molecule has 0 radical (unpaired) electrons. The van der Waals surface area contributed by atoms with Gasteiger partial charge < -0.3 is 5.32 Å². The second-order valence-electron chi connectivity index (χ2n) is 2.31. The van der Waals surface area contributed by atoms with Gasteiger partial charge in [-0.25, -0.2) is 0 Å². The smallest absolute Gasteiger partial charge is 0.0367 e. The van der Waals surface area contributed by atoms with Crippen molar-refractivity contribution in [3.05, 3.63) is 0 Å². The molecule has 0 rings (SSSR count). The van der Waals surface area contributed by atoms with Gasteiger partial charge >= 0.3 is 0 Å². The van der Waals surface area contributed by atoms with Crippen molar-refractivity contribution in [3.8, 4) is 0 Å². The zero-order valence-electron chi connectivity index (χ0n) is 6.37. The SMILES string of the molecule is CCCCNC[C@H](Br)CBr. The molecular weight excluding hydrogens is 258 g/mol. The van der Waals surface area contributed by atoms with Gasteiger partial charge in [-0.3, -0.25) is 0 Å². The Morgan fingerprint density at radius 1 is 1.50 bits per heavy atom. The molecule has 0 fully saturated rings. The molecule has 0 heterocycles. The van der Waals surface area contributed by atoms with Gasteiger partial charge in [0.2, 0.25) is 0 Å². The van der Waals surface area contributed by atoms with Crippen LogP contribution in [0.2, 0.25) is 0 Å². The molecular formula is C7H15Br2N. The molecule has 0 aliphatic carbocycles. The van der Waals surface area contributed by atoms with E-state index in [-0.39, 0.29) is 0 Å². The van der Waals surface area contributed by atoms with Gasteiger partial charge in [-0.2, -0.15) is 0 Å². The summed E-state index contributed by atoms with van der Waals surface area (Å²) in [6, 6.07) is 0. The number of alkyl halides is 2. The minimum absolute atomic E-state index is 0.573. The average Bonchev–Trinajstić information content (AvgIpc) is 1.98. The van der Waals surface area contributed by atoms with E-state index >= 15 is 0 Å². The molecule has 0 saturated heterocycles. The zero-order chi connectivity index (χ0) is 7.82. The lowest BCUT2D eigenvalue weighted by atomic mass is 10.3. The third-order valence-electron chi connectivity index (χ3n) is 1.24. The van der Waals surface area contributed by atoms with Crippen molar-refractivity contribution in [1.29, 1.82) is 0 Å². The molecule has 0 aromatic heterocycles. The largest absolute Gasteiger partial charge is 0.316 e. The van der Waals surface area contributed by atoms with Crippen LogP contribution in [0.25, 0.3) is 0 Å². The van der Waals surface area contributed by atoms with Gasteiger partial charge in [-0.15, -0.1) is 0 Å². The van der Waals surface area contributed by atoms with Crippen molar-refractivity contribution in [2.24, 2.45) is 0 Å². The second-order valence-corrected chi connectivity index (χ2v) is 4.25. The summed E-state index contributed by atoms with van der Waals surface area (Å²) in [5.74, 6) is 0. The standard InChI is InChI=1S/C7H15Br2N/c1-2-3-4-10-6-7(9)5-8/h7,10H,2-6H2,1H3/t7-/m1/s1. The lowest BCUT2D eigenvalue weighted by Gasteiger charge is -2.06. The highest BCUT2D eigenvalue weighted by atomic mass is 79.9. The molecule has 62 valence electrons. The maximum absolute atomic E-state index is 3.52. The predicted octanol–water partition coefficient (Wildman–Crippen LogP) is 2.53. The van der Waals surface area contributed by atoms with Crippen LogP contribution in [0.3, 0.4) is 0 Å². The molecule has 0 spiro atoms. The molecule has 1 N–H and O–H groups in total. The van der Waals surface area contributed by atoms with Gasteiger partial charge in [0, 0.05) is 16.7 Å². The number of rotatable bonds is 6. The van der Waals surface area contributed by atoms with Crippen LogP contribution in [0.4, 0.5) is 0 Å². The van der Waals surface area contributed by atoms with Crippen molar-refractivity contribution >= 4 is 31.9 Å². The van der Waals surface area contributed by atoms with Crippen LogP contribution in [0.5, 0.6) is 0 Å². The average molecular weight is 273 g/mol. The van der Waals surface area contributed by atoms with Crippen molar-refractivity contribution in [2.75, 3.05) is 18.4 Å². The molecule has 0 aliphatic heterocycles. The summed E-state index contributed by atoms with van der Waals surface area (Å²) in [7, 11) is 0. The van der Waals surface area contributed by atoms with E-state index in [4.69, 9.17) is 0 Å². The Balaban J connectivity index is 2.89. The Morgan fingerprint density at radius 2 is 2.20 bits per heavy atom. The van der Waals surface area contributed by atoms with Gasteiger partial charge in [0.25, 0.3) is 0 Å². The molecule has 3 heteroatoms. The highest BCUT2D eigenvalue weighted by molar-refractivity contribution is 9.12. The summed E-state index contributed by atoms with van der Waals surface area (Å²) in [5.41, 5.74) is 0. The maximum Gasteiger partial charge on any atom is 0.0367 e. The van der Waals surface area contributed by atoms with Crippen LogP contribution >= 0.6 is 31.9 Å². The fourth-order valence-electron chi connectivity index (χ4n) is 0.615. The van der Waals surface area contributed by atoms with Crippen LogP contribution in [-0.2, 0) is 0 Å². The number of hydrogen-bond donors (Lipinski definition) is 1. The van der Waals surface area contributed by atoms with E-state index in [1.54, 1.807) is 0 Å². The highest BCUT2D eigenvalue weighted by Gasteiger charge is 1.98. The minimum Gasteiger partial charge on any atom is -0.316 e. The number of unbranched alkanes of at least 4 members (excludes halogenated alkanes) is 1. The summed E-state index contributed by atoms with van der Waals surface area (Å²) in [4.78, 5) is 0.573. The zero-order valence-corrected chi connectivity index (χ0v) is 9.54. The molecule has 0 amide bonds. The monoisotopic (exact) mass is 271 g/mol. The van der Waals surface area contributed by atoms with Crippen LogP contribution in [0.1, 0.15) is 19.8 Å². The van der Waals surface area contributed by atoms with Gasteiger partial charge in [-0.05, 0) is 13.0 Å². The third kappa shape index (κ3) is 7.03. The van der Waals surface area contributed by atoms with E-state index in [0.29, 0.717) is 4.83 Å². The minimum atomic E-state index is 0.573. The Bertz CT molecular complexity index is 68.6. The number of halogens is 2. The van der Waals surface area contributed by atoms with E-state index in [1.807, 2.05) is 0 Å². The Kier molecular flexibility index (Phi) is 8.76. The molecule has 10 heavy (non-hydrogen) atoms. The van der Waals surface area contributed by atoms with Gasteiger partial charge in [0.05, 0.1) is 0 Å². The van der Waals surface area contributed by atoms with Gasteiger partial charge in [0.1, 0.15) is 0 Å². The summed E-state index contributed by atoms with van der Waals surface area (Å²) < 4.78 is 0. The maximum atomic E-state index is 3.52. The van der Waals surface area contributed by atoms with E-state index < -0.39 is 0 Å². The summed E-state index contributed by atoms with van der Waals surface area (Å²) in [6.45, 7) is 4.41. The van der Waals surface area contributed by atoms with Gasteiger partial charge in [0.15, 0.2) is 0 Å². The fraction of sp³-hybridized carbons (Fsp3) is 1.00. The number of nitrogens with one attached hydrogen (secondary N) is 1. The molecule has 1 nitrogen and oxygen atoms in total. The van der Waals surface area contributed by atoms with E-state index in [2.05, 4.69) is 44.1 Å². The topological polar surface area (TPSA) is 12.0 Å². The summed E-state index contributed by atoms with van der Waals surface area (Å²) in [6.07, 6.45) is 2.55. The molecule has 0 aliphatic rings. The van der Waals surface area contributed by atoms with Crippen LogP contribution in [0, 0.1) is 0 Å². The molecule has 0 saturated carbocycles. The predicted molar refractivity (Wildman–Crippen MR) is 54.3 cm³/mol. The summed E-state index contributed by atoms with van der Waals surface area (Å²) in [5, 5.41) is 4.38. The molecule has 0 unspecified atom stereocenters. The normalized spacial score (nSPS) is 13.5. The first-order valence-corrected chi connectivity index (χ1v) is 5.75. The third-order valence-corrected chi connectivity index (χ3v) is 3.54. The quantitative estimate of drug-likeness (QED) is 0.579. The first-order chi connectivity index (χ1) is 4.81.